The predicted octanol–water partition coefficient (Wildman–Crippen LogP) is 2.69. The Labute approximate surface area is 112 Å². The van der Waals surface area contributed by atoms with E-state index in [2.05, 4.69) is 20.7 Å². The first kappa shape index (κ1) is 11.7. The molecule has 6 nitrogen and oxygen atoms in total. The molecule has 2 N–H and O–H groups in total. The molecule has 1 amide bonds. The fraction of sp³-hybridized carbons (Fsp3) is 0.0833. The number of carbonyl (C=O) groups is 1. The Bertz CT molecular complexity index is 699. The summed E-state index contributed by atoms with van der Waals surface area (Å²) in [4.78, 5) is 12.9. The number of thiophene rings is 1. The molecule has 0 spiro atoms. The van der Waals surface area contributed by atoms with E-state index in [4.69, 9.17) is 4.52 Å². The van der Waals surface area contributed by atoms with E-state index in [9.17, 15) is 4.79 Å². The average Bonchev–Trinajstić information content (AvgIpc) is 3.07. The monoisotopic (exact) mass is 274 g/mol. The molecule has 0 bridgehead atoms. The number of nitrogens with zero attached hydrogens (tertiary/aromatic N) is 2. The van der Waals surface area contributed by atoms with Crippen LogP contribution in [0.25, 0.3) is 10.6 Å². The van der Waals surface area contributed by atoms with Gasteiger partial charge in [0.1, 0.15) is 0 Å². The number of hydrogen-bond donors (Lipinski definition) is 2. The van der Waals surface area contributed by atoms with E-state index in [1.807, 2.05) is 17.5 Å². The van der Waals surface area contributed by atoms with Crippen LogP contribution in [0.3, 0.4) is 0 Å². The highest BCUT2D eigenvalue weighted by Crippen LogP contribution is 2.24. The third-order valence-corrected chi connectivity index (χ3v) is 3.36. The molecule has 96 valence electrons. The molecule has 0 aliphatic heterocycles. The smallest absolute Gasteiger partial charge is 0.295 e. The minimum absolute atomic E-state index is 0.165. The van der Waals surface area contributed by atoms with Gasteiger partial charge < -0.3 is 9.84 Å². The number of aromatic amines is 1. The van der Waals surface area contributed by atoms with Crippen LogP contribution < -0.4 is 5.32 Å². The molecule has 0 radical (unpaired) electrons. The molecule has 0 aliphatic rings. The zero-order valence-corrected chi connectivity index (χ0v) is 10.8. The van der Waals surface area contributed by atoms with Crippen molar-refractivity contribution in [3.63, 3.8) is 0 Å². The van der Waals surface area contributed by atoms with Crippen LogP contribution in [0.2, 0.25) is 0 Å². The van der Waals surface area contributed by atoms with Crippen molar-refractivity contribution in [2.75, 3.05) is 5.32 Å². The van der Waals surface area contributed by atoms with Gasteiger partial charge in [-0.15, -0.1) is 11.3 Å². The first-order valence-corrected chi connectivity index (χ1v) is 6.44. The Morgan fingerprint density at radius 3 is 3.05 bits per heavy atom. The Morgan fingerprint density at radius 2 is 2.37 bits per heavy atom. The second kappa shape index (κ2) is 4.69. The number of amides is 1. The molecule has 0 atom stereocenters. The normalized spacial score (nSPS) is 10.6. The molecular formula is C12H10N4O2S. The zero-order chi connectivity index (χ0) is 13.2. The van der Waals surface area contributed by atoms with Crippen molar-refractivity contribution in [3.05, 3.63) is 41.1 Å². The average molecular weight is 274 g/mol. The van der Waals surface area contributed by atoms with Gasteiger partial charge in [-0.2, -0.15) is 5.10 Å². The number of nitrogens with one attached hydrogen (secondary N) is 2. The van der Waals surface area contributed by atoms with Gasteiger partial charge in [-0.25, -0.2) is 0 Å². The summed E-state index contributed by atoms with van der Waals surface area (Å²) >= 11 is 1.60. The van der Waals surface area contributed by atoms with Crippen molar-refractivity contribution in [1.29, 1.82) is 0 Å². The Balaban J connectivity index is 1.76. The number of aromatic nitrogens is 3. The maximum atomic E-state index is 11.8. The van der Waals surface area contributed by atoms with Crippen molar-refractivity contribution in [2.24, 2.45) is 0 Å². The zero-order valence-electron chi connectivity index (χ0n) is 10.0. The largest absolute Gasteiger partial charge is 0.351 e. The molecule has 7 heteroatoms. The summed E-state index contributed by atoms with van der Waals surface area (Å²) in [5, 5.41) is 15.2. The highest BCUT2D eigenvalue weighted by molar-refractivity contribution is 7.13. The Morgan fingerprint density at radius 1 is 1.47 bits per heavy atom. The lowest BCUT2D eigenvalue weighted by Gasteiger charge is -1.95. The summed E-state index contributed by atoms with van der Waals surface area (Å²) in [5.74, 6) is 0.241. The van der Waals surface area contributed by atoms with Gasteiger partial charge in [-0.1, -0.05) is 11.2 Å². The van der Waals surface area contributed by atoms with E-state index < -0.39 is 0 Å². The molecule has 0 aromatic carbocycles. The molecule has 0 saturated carbocycles. The summed E-state index contributed by atoms with van der Waals surface area (Å²) in [6.07, 6.45) is 0. The van der Waals surface area contributed by atoms with Crippen LogP contribution in [0.1, 0.15) is 16.2 Å². The van der Waals surface area contributed by atoms with Crippen molar-refractivity contribution in [3.8, 4) is 10.6 Å². The second-order valence-corrected chi connectivity index (χ2v) is 4.88. The molecule has 0 fully saturated rings. The minimum atomic E-state index is -0.371. The summed E-state index contributed by atoms with van der Waals surface area (Å²) in [5.41, 5.74) is 1.52. The van der Waals surface area contributed by atoms with Gasteiger partial charge in [0.05, 0.1) is 16.3 Å². The standard InChI is InChI=1S/C12H10N4O2S/c1-7-5-9(18-16-7)12(17)13-11-6-8(14-15-11)10-3-2-4-19-10/h2-6H,1H3,(H2,13,14,15,17). The summed E-state index contributed by atoms with van der Waals surface area (Å²) in [6, 6.07) is 7.27. The maximum Gasteiger partial charge on any atom is 0.295 e. The third kappa shape index (κ3) is 2.41. The van der Waals surface area contributed by atoms with Crippen LogP contribution in [0, 0.1) is 6.92 Å². The van der Waals surface area contributed by atoms with E-state index in [1.54, 1.807) is 30.4 Å². The summed E-state index contributed by atoms with van der Waals surface area (Å²) < 4.78 is 4.88. The minimum Gasteiger partial charge on any atom is -0.351 e. The van der Waals surface area contributed by atoms with E-state index in [0.717, 1.165) is 10.6 Å². The van der Waals surface area contributed by atoms with Crippen LogP contribution >= 0.6 is 11.3 Å². The van der Waals surface area contributed by atoms with Crippen LogP contribution in [-0.4, -0.2) is 21.3 Å². The molecule has 3 rings (SSSR count). The fourth-order valence-electron chi connectivity index (χ4n) is 1.59. The molecule has 3 aromatic rings. The van der Waals surface area contributed by atoms with Crippen molar-refractivity contribution >= 4 is 23.1 Å². The number of carbonyl (C=O) groups excluding carboxylic acids is 1. The highest BCUT2D eigenvalue weighted by atomic mass is 32.1. The van der Waals surface area contributed by atoms with E-state index in [0.29, 0.717) is 11.5 Å². The second-order valence-electron chi connectivity index (χ2n) is 3.93. The molecule has 0 unspecified atom stereocenters. The lowest BCUT2D eigenvalue weighted by molar-refractivity contribution is 0.0987. The summed E-state index contributed by atoms with van der Waals surface area (Å²) in [7, 11) is 0. The number of hydrogen-bond acceptors (Lipinski definition) is 5. The van der Waals surface area contributed by atoms with Gasteiger partial charge >= 0.3 is 0 Å². The van der Waals surface area contributed by atoms with Gasteiger partial charge in [0.15, 0.2) is 5.82 Å². The van der Waals surface area contributed by atoms with Crippen LogP contribution in [0.5, 0.6) is 0 Å². The first-order valence-electron chi connectivity index (χ1n) is 5.56. The number of H-pyrrole nitrogens is 1. The van der Waals surface area contributed by atoms with Crippen LogP contribution in [-0.2, 0) is 0 Å². The topological polar surface area (TPSA) is 83.8 Å². The molecule has 0 aliphatic carbocycles. The van der Waals surface area contributed by atoms with Gasteiger partial charge in [-0.05, 0) is 18.4 Å². The van der Waals surface area contributed by atoms with E-state index in [-0.39, 0.29) is 11.7 Å². The molecular weight excluding hydrogens is 264 g/mol. The van der Waals surface area contributed by atoms with Crippen LogP contribution in [0.4, 0.5) is 5.82 Å². The van der Waals surface area contributed by atoms with Crippen molar-refractivity contribution in [2.45, 2.75) is 6.92 Å². The lowest BCUT2D eigenvalue weighted by atomic mass is 10.3. The SMILES string of the molecule is Cc1cc(C(=O)Nc2cc(-c3cccs3)[nH]n2)on1. The fourth-order valence-corrected chi connectivity index (χ4v) is 2.28. The van der Waals surface area contributed by atoms with Crippen molar-refractivity contribution < 1.29 is 9.32 Å². The van der Waals surface area contributed by atoms with E-state index in [1.165, 1.54) is 0 Å². The van der Waals surface area contributed by atoms with Gasteiger partial charge in [0.2, 0.25) is 5.76 Å². The van der Waals surface area contributed by atoms with E-state index >= 15 is 0 Å². The number of aryl methyl sites for hydroxylation is 1. The quantitative estimate of drug-likeness (QED) is 0.769. The Hall–Kier alpha value is -2.41. The molecule has 19 heavy (non-hydrogen) atoms. The van der Waals surface area contributed by atoms with Crippen LogP contribution in [0.15, 0.2) is 34.2 Å². The van der Waals surface area contributed by atoms with Gasteiger partial charge in [-0.3, -0.25) is 9.89 Å². The third-order valence-electron chi connectivity index (χ3n) is 2.46. The highest BCUT2D eigenvalue weighted by Gasteiger charge is 2.13. The maximum absolute atomic E-state index is 11.8. The number of anilines is 1. The Kier molecular flexibility index (Phi) is 2.88. The molecule has 0 saturated heterocycles. The summed E-state index contributed by atoms with van der Waals surface area (Å²) in [6.45, 7) is 1.75. The van der Waals surface area contributed by atoms with Gasteiger partial charge in [0.25, 0.3) is 5.91 Å². The van der Waals surface area contributed by atoms with Crippen molar-refractivity contribution in [1.82, 2.24) is 15.4 Å². The lowest BCUT2D eigenvalue weighted by Crippen LogP contribution is -2.11. The first-order chi connectivity index (χ1) is 9.22. The van der Waals surface area contributed by atoms with Gasteiger partial charge in [0, 0.05) is 12.1 Å². The molecule has 3 heterocycles. The predicted molar refractivity (Wildman–Crippen MR) is 71.1 cm³/mol. The molecule has 3 aromatic heterocycles. The number of rotatable bonds is 3.